The van der Waals surface area contributed by atoms with Crippen molar-refractivity contribution in [2.24, 2.45) is 7.05 Å². The summed E-state index contributed by atoms with van der Waals surface area (Å²) in [4.78, 5) is 23.9. The Hall–Kier alpha value is -1.54. The quantitative estimate of drug-likeness (QED) is 0.640. The van der Waals surface area contributed by atoms with Crippen LogP contribution in [0, 0.1) is 13.8 Å². The van der Waals surface area contributed by atoms with Crippen molar-refractivity contribution < 1.29 is 4.79 Å². The molecule has 6 nitrogen and oxygen atoms in total. The molecule has 2 aromatic heterocycles. The number of nitrogens with one attached hydrogen (secondary N) is 1. The summed E-state index contributed by atoms with van der Waals surface area (Å²) in [5.74, 6) is 0.785. The third-order valence-corrected chi connectivity index (χ3v) is 5.58. The lowest BCUT2D eigenvalue weighted by molar-refractivity contribution is 0.194. The van der Waals surface area contributed by atoms with Crippen molar-refractivity contribution in [2.75, 3.05) is 19.3 Å². The minimum absolute atomic E-state index is 0.0397. The van der Waals surface area contributed by atoms with Gasteiger partial charge >= 0.3 is 6.03 Å². The summed E-state index contributed by atoms with van der Waals surface area (Å²) in [7, 11) is 3.77. The number of nitrogens with zero attached hydrogens (tertiary/aromatic N) is 4. The third-order valence-electron chi connectivity index (χ3n) is 3.62. The molecule has 23 heavy (non-hydrogen) atoms. The first kappa shape index (κ1) is 17.8. The first-order valence-corrected chi connectivity index (χ1v) is 9.25. The molecule has 0 aliphatic heterocycles. The fourth-order valence-electron chi connectivity index (χ4n) is 2.21. The van der Waals surface area contributed by atoms with Crippen LogP contribution < -0.4 is 5.32 Å². The monoisotopic (exact) mass is 353 g/mol. The number of thioether (sulfide) groups is 1. The number of hydrogen-bond donors (Lipinski definition) is 1. The maximum Gasteiger partial charge on any atom is 0.317 e. The molecule has 2 amide bonds. The molecule has 2 rings (SSSR count). The summed E-state index contributed by atoms with van der Waals surface area (Å²) in [6, 6.07) is -0.120. The second-order valence-corrected chi connectivity index (χ2v) is 7.83. The van der Waals surface area contributed by atoms with Crippen molar-refractivity contribution in [1.82, 2.24) is 24.8 Å². The molecule has 0 bridgehead atoms. The van der Waals surface area contributed by atoms with Crippen LogP contribution in [0.1, 0.15) is 28.5 Å². The molecule has 8 heteroatoms. The van der Waals surface area contributed by atoms with Gasteiger partial charge in [0.05, 0.1) is 16.7 Å². The summed E-state index contributed by atoms with van der Waals surface area (Å²) >= 11 is 3.29. The van der Waals surface area contributed by atoms with Gasteiger partial charge in [0.2, 0.25) is 0 Å². The molecule has 1 N–H and O–H groups in total. The van der Waals surface area contributed by atoms with Gasteiger partial charge in [0.15, 0.2) is 5.16 Å². The molecule has 2 heterocycles. The van der Waals surface area contributed by atoms with Crippen LogP contribution in [0.15, 0.2) is 17.6 Å². The van der Waals surface area contributed by atoms with E-state index in [1.807, 2.05) is 38.6 Å². The first-order chi connectivity index (χ1) is 10.9. The Morgan fingerprint density at radius 1 is 1.52 bits per heavy atom. The molecule has 0 aliphatic rings. The van der Waals surface area contributed by atoms with E-state index in [9.17, 15) is 4.79 Å². The molecule has 0 spiro atoms. The zero-order chi connectivity index (χ0) is 17.0. The number of carbonyl (C=O) groups is 1. The Bertz CT molecular complexity index is 667. The summed E-state index contributed by atoms with van der Waals surface area (Å²) in [5.41, 5.74) is 0.979. The van der Waals surface area contributed by atoms with E-state index in [1.54, 1.807) is 41.2 Å². The van der Waals surface area contributed by atoms with Gasteiger partial charge < -0.3 is 14.8 Å². The van der Waals surface area contributed by atoms with Crippen LogP contribution in [0.5, 0.6) is 0 Å². The Kier molecular flexibility index (Phi) is 6.06. The largest absolute Gasteiger partial charge is 0.337 e. The van der Waals surface area contributed by atoms with Gasteiger partial charge in [-0.25, -0.2) is 14.8 Å². The van der Waals surface area contributed by atoms with Gasteiger partial charge in [-0.2, -0.15) is 0 Å². The number of hydrogen-bond acceptors (Lipinski definition) is 5. The average molecular weight is 354 g/mol. The molecule has 0 saturated carbocycles. The second kappa shape index (κ2) is 7.83. The maximum absolute atomic E-state index is 12.3. The van der Waals surface area contributed by atoms with E-state index in [1.165, 1.54) is 4.88 Å². The number of amides is 2. The van der Waals surface area contributed by atoms with Gasteiger partial charge in [0.1, 0.15) is 0 Å². The third kappa shape index (κ3) is 4.48. The number of urea groups is 1. The van der Waals surface area contributed by atoms with Crippen molar-refractivity contribution in [3.05, 3.63) is 28.0 Å². The summed E-state index contributed by atoms with van der Waals surface area (Å²) in [6.07, 6.45) is 3.68. The smallest absolute Gasteiger partial charge is 0.317 e. The van der Waals surface area contributed by atoms with Crippen molar-refractivity contribution in [2.45, 2.75) is 32.0 Å². The van der Waals surface area contributed by atoms with Gasteiger partial charge in [0, 0.05) is 43.7 Å². The zero-order valence-electron chi connectivity index (χ0n) is 14.2. The minimum atomic E-state index is -0.0806. The molecule has 0 radical (unpaired) electrons. The van der Waals surface area contributed by atoms with Crippen molar-refractivity contribution in [3.8, 4) is 0 Å². The van der Waals surface area contributed by atoms with Crippen LogP contribution in [-0.2, 0) is 7.05 Å². The van der Waals surface area contributed by atoms with Crippen molar-refractivity contribution >= 4 is 29.1 Å². The highest BCUT2D eigenvalue weighted by atomic mass is 32.2. The van der Waals surface area contributed by atoms with E-state index in [0.717, 1.165) is 21.6 Å². The lowest BCUT2D eigenvalue weighted by Crippen LogP contribution is -2.40. The highest BCUT2D eigenvalue weighted by Crippen LogP contribution is 2.25. The lowest BCUT2D eigenvalue weighted by Gasteiger charge is -2.24. The molecule has 126 valence electrons. The highest BCUT2D eigenvalue weighted by molar-refractivity contribution is 7.99. The molecular weight excluding hydrogens is 330 g/mol. The van der Waals surface area contributed by atoms with Crippen LogP contribution >= 0.6 is 23.1 Å². The predicted octanol–water partition coefficient (Wildman–Crippen LogP) is 2.99. The lowest BCUT2D eigenvalue weighted by atomic mass is 10.2. The van der Waals surface area contributed by atoms with E-state index in [4.69, 9.17) is 0 Å². The molecular formula is C15H23N5OS2. The van der Waals surface area contributed by atoms with E-state index < -0.39 is 0 Å². The summed E-state index contributed by atoms with van der Waals surface area (Å²) in [5, 5.41) is 4.93. The summed E-state index contributed by atoms with van der Waals surface area (Å²) in [6.45, 7) is 6.64. The van der Waals surface area contributed by atoms with Crippen LogP contribution in [0.2, 0.25) is 0 Å². The van der Waals surface area contributed by atoms with E-state index in [0.29, 0.717) is 6.54 Å². The molecule has 2 aromatic rings. The number of aromatic nitrogens is 3. The molecule has 0 aromatic carbocycles. The molecule has 0 unspecified atom stereocenters. The maximum atomic E-state index is 12.3. The van der Waals surface area contributed by atoms with Gasteiger partial charge in [-0.05, 0) is 20.8 Å². The number of aryl methyl sites for hydroxylation is 3. The fourth-order valence-corrected chi connectivity index (χ4v) is 3.90. The number of imidazole rings is 1. The Labute approximate surface area is 145 Å². The van der Waals surface area contributed by atoms with Crippen LogP contribution in [-0.4, -0.2) is 44.8 Å². The zero-order valence-corrected chi connectivity index (χ0v) is 15.8. The van der Waals surface area contributed by atoms with Gasteiger partial charge in [-0.1, -0.05) is 11.8 Å². The van der Waals surface area contributed by atoms with Crippen LogP contribution in [0.3, 0.4) is 0 Å². The van der Waals surface area contributed by atoms with Gasteiger partial charge in [-0.3, -0.25) is 0 Å². The van der Waals surface area contributed by atoms with Crippen LogP contribution in [0.25, 0.3) is 0 Å². The molecule has 1 atom stereocenters. The topological polar surface area (TPSA) is 63.1 Å². The number of thiazole rings is 1. The molecule has 0 aliphatic carbocycles. The van der Waals surface area contributed by atoms with Gasteiger partial charge in [0.25, 0.3) is 0 Å². The Morgan fingerprint density at radius 2 is 2.26 bits per heavy atom. The first-order valence-electron chi connectivity index (χ1n) is 7.45. The summed E-state index contributed by atoms with van der Waals surface area (Å²) < 4.78 is 1.97. The van der Waals surface area contributed by atoms with Gasteiger partial charge in [-0.15, -0.1) is 11.3 Å². The minimum Gasteiger partial charge on any atom is -0.337 e. The molecule has 0 fully saturated rings. The number of carbonyl (C=O) groups excluding carboxylic acids is 1. The van der Waals surface area contributed by atoms with E-state index in [2.05, 4.69) is 15.3 Å². The normalized spacial score (nSPS) is 12.2. The second-order valence-electron chi connectivity index (χ2n) is 5.36. The average Bonchev–Trinajstić information content (AvgIpc) is 3.07. The number of rotatable bonds is 6. The standard InChI is InChI=1S/C15H23N5OS2/c1-10(13-11(2)23-12(3)18-13)20(5)14(21)16-7-9-22-15-17-6-8-19(15)4/h6,8,10H,7,9H2,1-5H3,(H,16,21)/t10-/m0/s1. The highest BCUT2D eigenvalue weighted by Gasteiger charge is 2.21. The van der Waals surface area contributed by atoms with E-state index in [-0.39, 0.29) is 12.1 Å². The Balaban J connectivity index is 1.80. The van der Waals surface area contributed by atoms with Crippen molar-refractivity contribution in [1.29, 1.82) is 0 Å². The predicted molar refractivity (Wildman–Crippen MR) is 95.1 cm³/mol. The Morgan fingerprint density at radius 3 is 2.83 bits per heavy atom. The van der Waals surface area contributed by atoms with Crippen LogP contribution in [0.4, 0.5) is 4.79 Å². The van der Waals surface area contributed by atoms with E-state index >= 15 is 0 Å². The SMILES string of the molecule is Cc1nc([C@H](C)N(C)C(=O)NCCSc2nccn2C)c(C)s1. The van der Waals surface area contributed by atoms with Crippen molar-refractivity contribution in [3.63, 3.8) is 0 Å². The molecule has 0 saturated heterocycles. The fraction of sp³-hybridized carbons (Fsp3) is 0.533.